The molecule has 1 amide bonds. The highest BCUT2D eigenvalue weighted by Gasteiger charge is 2.12. The van der Waals surface area contributed by atoms with Crippen LogP contribution in [0.2, 0.25) is 0 Å². The maximum absolute atomic E-state index is 13.2. The van der Waals surface area contributed by atoms with E-state index in [4.69, 9.17) is 17.3 Å². The van der Waals surface area contributed by atoms with E-state index in [9.17, 15) is 18.8 Å². The summed E-state index contributed by atoms with van der Waals surface area (Å²) in [6.45, 7) is 0.207. The molecule has 0 atom stereocenters. The van der Waals surface area contributed by atoms with Crippen molar-refractivity contribution >= 4 is 35.0 Å². The molecule has 0 fully saturated rings. The molecule has 0 radical (unpaired) electrons. The minimum Gasteiger partial charge on any atom is -0.478 e. The van der Waals surface area contributed by atoms with Crippen LogP contribution in [-0.4, -0.2) is 26.5 Å². The molecule has 0 bridgehead atoms. The van der Waals surface area contributed by atoms with Gasteiger partial charge in [0.05, 0.1) is 22.2 Å². The molecule has 3 aromatic carbocycles. The molecule has 160 valence electrons. The molecule has 0 saturated heterocycles. The van der Waals surface area contributed by atoms with E-state index in [1.54, 1.807) is 12.1 Å². The number of aromatic carboxylic acids is 1. The van der Waals surface area contributed by atoms with E-state index in [1.165, 1.54) is 59.2 Å². The second-order valence-electron chi connectivity index (χ2n) is 6.99. The van der Waals surface area contributed by atoms with Crippen LogP contribution in [0.5, 0.6) is 0 Å². The number of hydrogen-bond donors (Lipinski definition) is 3. The number of aromatic amines is 1. The van der Waals surface area contributed by atoms with Gasteiger partial charge in [0.2, 0.25) is 0 Å². The number of aromatic nitrogens is 2. The standard InChI is InChI=1S/C23H16FN3O4S/c24-16-6-8-17(9-7-16)27-21(29)18-10-5-15(11-19(18)26-23(27)32)20(28)25-12-13-1-3-14(4-2-13)22(30)31/h1-11H,12H2,(H,25,28)(H,26,32)(H,30,31). The molecule has 0 aliphatic rings. The number of hydrogen-bond acceptors (Lipinski definition) is 4. The molecule has 0 spiro atoms. The van der Waals surface area contributed by atoms with Crippen molar-refractivity contribution in [1.29, 1.82) is 0 Å². The van der Waals surface area contributed by atoms with Gasteiger partial charge in [-0.15, -0.1) is 0 Å². The normalized spacial score (nSPS) is 10.8. The van der Waals surface area contributed by atoms with Crippen molar-refractivity contribution in [2.24, 2.45) is 0 Å². The van der Waals surface area contributed by atoms with Gasteiger partial charge in [-0.1, -0.05) is 12.1 Å². The summed E-state index contributed by atoms with van der Waals surface area (Å²) in [5, 5.41) is 12.0. The lowest BCUT2D eigenvalue weighted by molar-refractivity contribution is 0.0696. The van der Waals surface area contributed by atoms with Gasteiger partial charge in [0.15, 0.2) is 4.77 Å². The van der Waals surface area contributed by atoms with Crippen LogP contribution in [0.25, 0.3) is 16.6 Å². The highest BCUT2D eigenvalue weighted by atomic mass is 32.1. The van der Waals surface area contributed by atoms with Gasteiger partial charge in [-0.3, -0.25) is 14.2 Å². The Kier molecular flexibility index (Phi) is 5.65. The van der Waals surface area contributed by atoms with E-state index >= 15 is 0 Å². The third kappa shape index (κ3) is 4.19. The first-order valence-corrected chi connectivity index (χ1v) is 9.90. The van der Waals surface area contributed by atoms with E-state index in [-0.39, 0.29) is 28.3 Å². The number of fused-ring (bicyclic) bond motifs is 1. The first kappa shape index (κ1) is 21.1. The first-order chi connectivity index (χ1) is 15.3. The maximum atomic E-state index is 13.2. The number of carboxylic acids is 1. The maximum Gasteiger partial charge on any atom is 0.335 e. The molecule has 1 heterocycles. The molecule has 1 aromatic heterocycles. The van der Waals surface area contributed by atoms with Gasteiger partial charge in [-0.2, -0.15) is 0 Å². The molecule has 4 aromatic rings. The average Bonchev–Trinajstić information content (AvgIpc) is 2.78. The highest BCUT2D eigenvalue weighted by Crippen LogP contribution is 2.14. The fraction of sp³-hybridized carbons (Fsp3) is 0.0435. The van der Waals surface area contributed by atoms with Crippen molar-refractivity contribution in [2.75, 3.05) is 0 Å². The summed E-state index contributed by atoms with van der Waals surface area (Å²) < 4.78 is 14.6. The Labute approximate surface area is 185 Å². The summed E-state index contributed by atoms with van der Waals surface area (Å²) >= 11 is 5.31. The third-order valence-corrected chi connectivity index (χ3v) is 5.18. The second kappa shape index (κ2) is 8.56. The molecule has 0 saturated carbocycles. The van der Waals surface area contributed by atoms with Crippen molar-refractivity contribution in [1.82, 2.24) is 14.9 Å². The fourth-order valence-electron chi connectivity index (χ4n) is 3.23. The van der Waals surface area contributed by atoms with Crippen LogP contribution < -0.4 is 10.9 Å². The lowest BCUT2D eigenvalue weighted by atomic mass is 10.1. The number of halogens is 1. The zero-order chi connectivity index (χ0) is 22.8. The number of carbonyl (C=O) groups is 2. The third-order valence-electron chi connectivity index (χ3n) is 4.90. The van der Waals surface area contributed by atoms with Gasteiger partial charge >= 0.3 is 5.97 Å². The Hall–Kier alpha value is -4.11. The predicted octanol–water partition coefficient (Wildman–Crippen LogP) is 3.82. The topological polar surface area (TPSA) is 104 Å². The molecular weight excluding hydrogens is 433 g/mol. The van der Waals surface area contributed by atoms with Gasteiger partial charge in [-0.05, 0) is 72.4 Å². The van der Waals surface area contributed by atoms with E-state index in [0.29, 0.717) is 22.2 Å². The van der Waals surface area contributed by atoms with Gasteiger partial charge in [-0.25, -0.2) is 9.18 Å². The monoisotopic (exact) mass is 449 g/mol. The van der Waals surface area contributed by atoms with Crippen molar-refractivity contribution in [3.8, 4) is 5.69 Å². The van der Waals surface area contributed by atoms with Crippen molar-refractivity contribution in [3.05, 3.63) is 104 Å². The molecule has 0 unspecified atom stereocenters. The van der Waals surface area contributed by atoms with Crippen molar-refractivity contribution in [3.63, 3.8) is 0 Å². The lowest BCUT2D eigenvalue weighted by Crippen LogP contribution is -2.24. The average molecular weight is 449 g/mol. The molecular formula is C23H16FN3O4S. The number of carboxylic acid groups (broad SMARTS) is 1. The van der Waals surface area contributed by atoms with Crippen LogP contribution in [0.4, 0.5) is 4.39 Å². The van der Waals surface area contributed by atoms with Crippen molar-refractivity contribution < 1.29 is 19.1 Å². The number of H-pyrrole nitrogens is 1. The van der Waals surface area contributed by atoms with Gasteiger partial charge in [0.1, 0.15) is 5.82 Å². The summed E-state index contributed by atoms with van der Waals surface area (Å²) in [5.41, 5.74) is 1.67. The molecule has 7 nitrogen and oxygen atoms in total. The smallest absolute Gasteiger partial charge is 0.335 e. The van der Waals surface area contributed by atoms with Gasteiger partial charge < -0.3 is 15.4 Å². The fourth-order valence-corrected chi connectivity index (χ4v) is 3.53. The van der Waals surface area contributed by atoms with E-state index in [2.05, 4.69) is 10.3 Å². The number of nitrogens with zero attached hydrogens (tertiary/aromatic N) is 1. The minimum absolute atomic E-state index is 0.116. The van der Waals surface area contributed by atoms with Crippen LogP contribution >= 0.6 is 12.2 Å². The minimum atomic E-state index is -1.02. The predicted molar refractivity (Wildman–Crippen MR) is 119 cm³/mol. The van der Waals surface area contributed by atoms with Crippen molar-refractivity contribution in [2.45, 2.75) is 6.54 Å². The number of rotatable bonds is 5. The Balaban J connectivity index is 1.59. The van der Waals surface area contributed by atoms with Crippen LogP contribution in [-0.2, 0) is 6.54 Å². The van der Waals surface area contributed by atoms with E-state index < -0.39 is 11.8 Å². The molecule has 9 heteroatoms. The number of nitrogens with one attached hydrogen (secondary N) is 2. The van der Waals surface area contributed by atoms with E-state index in [1.807, 2.05) is 0 Å². The molecule has 0 aliphatic carbocycles. The molecule has 32 heavy (non-hydrogen) atoms. The summed E-state index contributed by atoms with van der Waals surface area (Å²) in [4.78, 5) is 39.4. The molecule has 4 rings (SSSR count). The summed E-state index contributed by atoms with van der Waals surface area (Å²) in [6.07, 6.45) is 0. The number of carbonyl (C=O) groups excluding carboxylic acids is 1. The van der Waals surface area contributed by atoms with Crippen LogP contribution in [0, 0.1) is 10.6 Å². The highest BCUT2D eigenvalue weighted by molar-refractivity contribution is 7.71. The number of amides is 1. The molecule has 0 aliphatic heterocycles. The largest absolute Gasteiger partial charge is 0.478 e. The quantitative estimate of drug-likeness (QED) is 0.402. The SMILES string of the molecule is O=C(O)c1ccc(CNC(=O)c2ccc3c(=O)n(-c4ccc(F)cc4)c(=S)[nH]c3c2)cc1. The van der Waals surface area contributed by atoms with Crippen LogP contribution in [0.1, 0.15) is 26.3 Å². The Morgan fingerprint density at radius 1 is 1.00 bits per heavy atom. The summed E-state index contributed by atoms with van der Waals surface area (Å²) in [6, 6.07) is 16.2. The Bertz CT molecular complexity index is 1460. The first-order valence-electron chi connectivity index (χ1n) is 9.49. The Morgan fingerprint density at radius 2 is 1.66 bits per heavy atom. The van der Waals surface area contributed by atoms with Gasteiger partial charge in [0, 0.05) is 12.1 Å². The lowest BCUT2D eigenvalue weighted by Gasteiger charge is -2.10. The number of benzene rings is 3. The van der Waals surface area contributed by atoms with E-state index in [0.717, 1.165) is 5.56 Å². The zero-order valence-corrected chi connectivity index (χ0v) is 17.3. The zero-order valence-electron chi connectivity index (χ0n) is 16.5. The Morgan fingerprint density at radius 3 is 2.31 bits per heavy atom. The summed E-state index contributed by atoms with van der Waals surface area (Å²) in [5.74, 6) is -1.81. The van der Waals surface area contributed by atoms with Crippen LogP contribution in [0.15, 0.2) is 71.5 Å². The van der Waals surface area contributed by atoms with Crippen LogP contribution in [0.3, 0.4) is 0 Å². The second-order valence-corrected chi connectivity index (χ2v) is 7.38. The molecule has 3 N–H and O–H groups in total. The van der Waals surface area contributed by atoms with Gasteiger partial charge in [0.25, 0.3) is 11.5 Å². The summed E-state index contributed by atoms with van der Waals surface area (Å²) in [7, 11) is 0.